The van der Waals surface area contributed by atoms with Crippen molar-refractivity contribution in [2.24, 2.45) is 0 Å². The molecule has 0 aliphatic rings. The number of benzene rings is 3. The van der Waals surface area contributed by atoms with Gasteiger partial charge in [-0.15, -0.1) is 24.8 Å². The number of rotatable bonds is 5. The topological polar surface area (TPSA) is 96.1 Å². The van der Waals surface area contributed by atoms with Gasteiger partial charge in [-0.05, 0) is 36.8 Å². The maximum Gasteiger partial charge on any atom is 0.258 e. The molecule has 1 heterocycles. The first kappa shape index (κ1) is 25.7. The van der Waals surface area contributed by atoms with Crippen LogP contribution in [0.5, 0.6) is 5.75 Å². The Morgan fingerprint density at radius 2 is 1.64 bits per heavy atom. The van der Waals surface area contributed by atoms with Crippen LogP contribution in [0.4, 0.5) is 5.69 Å². The Balaban J connectivity index is 0.00000193. The summed E-state index contributed by atoms with van der Waals surface area (Å²) >= 11 is 0. The summed E-state index contributed by atoms with van der Waals surface area (Å²) in [5.74, 6) is 0.578. The van der Waals surface area contributed by atoms with E-state index < -0.39 is 0 Å². The SMILES string of the molecule is CNC(=O)c1ccc(NC(=O)c2cccc3[nH]c(C)nc23)c(OC)c1-c1ccccc1.Cl.Cl. The average molecular weight is 487 g/mol. The number of aromatic amines is 1. The maximum absolute atomic E-state index is 13.1. The van der Waals surface area contributed by atoms with Crippen LogP contribution < -0.4 is 15.4 Å². The van der Waals surface area contributed by atoms with Gasteiger partial charge in [0.25, 0.3) is 11.8 Å². The summed E-state index contributed by atoms with van der Waals surface area (Å²) in [6.07, 6.45) is 0. The summed E-state index contributed by atoms with van der Waals surface area (Å²) in [5.41, 5.74) is 4.16. The Morgan fingerprint density at radius 3 is 2.30 bits per heavy atom. The fourth-order valence-electron chi connectivity index (χ4n) is 3.64. The Hall–Kier alpha value is -3.55. The van der Waals surface area contributed by atoms with E-state index in [0.29, 0.717) is 33.6 Å². The Kier molecular flexibility index (Phi) is 8.45. The van der Waals surface area contributed by atoms with Gasteiger partial charge in [0.2, 0.25) is 0 Å². The number of carbonyl (C=O) groups excluding carboxylic acids is 2. The van der Waals surface area contributed by atoms with Crippen molar-refractivity contribution < 1.29 is 14.3 Å². The molecule has 0 aliphatic carbocycles. The number of ether oxygens (including phenoxy) is 1. The number of aryl methyl sites for hydroxylation is 1. The maximum atomic E-state index is 13.1. The van der Waals surface area contributed by atoms with Crippen LogP contribution in [0.15, 0.2) is 60.7 Å². The number of hydrogen-bond donors (Lipinski definition) is 3. The lowest BCUT2D eigenvalue weighted by atomic mass is 9.96. The Morgan fingerprint density at radius 1 is 0.909 bits per heavy atom. The van der Waals surface area contributed by atoms with Gasteiger partial charge in [0, 0.05) is 12.6 Å². The lowest BCUT2D eigenvalue weighted by Gasteiger charge is -2.18. The average Bonchev–Trinajstić information content (AvgIpc) is 3.18. The number of imidazole rings is 1. The molecule has 3 N–H and O–H groups in total. The van der Waals surface area contributed by atoms with E-state index in [1.54, 1.807) is 31.3 Å². The molecule has 0 bridgehead atoms. The summed E-state index contributed by atoms with van der Waals surface area (Å²) in [4.78, 5) is 33.2. The summed E-state index contributed by atoms with van der Waals surface area (Å²) in [6.45, 7) is 1.84. The number of methoxy groups -OCH3 is 1. The zero-order valence-corrected chi connectivity index (χ0v) is 19.9. The highest BCUT2D eigenvalue weighted by atomic mass is 35.5. The van der Waals surface area contributed by atoms with E-state index in [1.165, 1.54) is 7.11 Å². The number of anilines is 1. The Bertz CT molecular complexity index is 1290. The molecule has 0 saturated carbocycles. The van der Waals surface area contributed by atoms with Gasteiger partial charge < -0.3 is 20.4 Å². The summed E-state index contributed by atoms with van der Waals surface area (Å²) in [7, 11) is 3.09. The largest absolute Gasteiger partial charge is 0.494 e. The molecule has 0 aliphatic heterocycles. The molecule has 0 saturated heterocycles. The molecule has 3 aromatic carbocycles. The number of fused-ring (bicyclic) bond motifs is 1. The number of hydrogen-bond acceptors (Lipinski definition) is 4. The smallest absolute Gasteiger partial charge is 0.258 e. The van der Waals surface area contributed by atoms with Gasteiger partial charge >= 0.3 is 0 Å². The summed E-state index contributed by atoms with van der Waals surface area (Å²) in [5, 5.41) is 5.58. The minimum Gasteiger partial charge on any atom is -0.494 e. The molecule has 0 unspecified atom stereocenters. The molecule has 4 aromatic rings. The molecule has 7 nitrogen and oxygen atoms in total. The van der Waals surface area contributed by atoms with Crippen molar-refractivity contribution >= 4 is 53.3 Å². The van der Waals surface area contributed by atoms with E-state index in [1.807, 2.05) is 43.3 Å². The fourth-order valence-corrected chi connectivity index (χ4v) is 3.64. The number of halogens is 2. The molecule has 33 heavy (non-hydrogen) atoms. The molecule has 2 amide bonds. The fraction of sp³-hybridized carbons (Fsp3) is 0.125. The summed E-state index contributed by atoms with van der Waals surface area (Å²) < 4.78 is 5.68. The molecule has 0 atom stereocenters. The van der Waals surface area contributed by atoms with Crippen molar-refractivity contribution in [2.75, 3.05) is 19.5 Å². The predicted octanol–water partition coefficient (Wildman–Crippen LogP) is 5.00. The first-order valence-electron chi connectivity index (χ1n) is 9.78. The molecule has 4 rings (SSSR count). The normalized spacial score (nSPS) is 10.0. The zero-order chi connectivity index (χ0) is 22.0. The first-order valence-corrected chi connectivity index (χ1v) is 9.78. The van der Waals surface area contributed by atoms with Crippen LogP contribution in [-0.4, -0.2) is 35.9 Å². The third-order valence-electron chi connectivity index (χ3n) is 5.02. The number of H-pyrrole nitrogens is 1. The van der Waals surface area contributed by atoms with Crippen molar-refractivity contribution in [3.8, 4) is 16.9 Å². The summed E-state index contributed by atoms with van der Waals surface area (Å²) in [6, 6.07) is 18.2. The van der Waals surface area contributed by atoms with Crippen molar-refractivity contribution in [3.05, 3.63) is 77.6 Å². The number of nitrogens with one attached hydrogen (secondary N) is 3. The predicted molar refractivity (Wildman–Crippen MR) is 135 cm³/mol. The molecule has 0 fully saturated rings. The van der Waals surface area contributed by atoms with Gasteiger partial charge in [-0.25, -0.2) is 4.98 Å². The van der Waals surface area contributed by atoms with E-state index in [0.717, 1.165) is 16.9 Å². The number of amides is 2. The van der Waals surface area contributed by atoms with Gasteiger partial charge in [0.05, 0.1) is 29.4 Å². The van der Waals surface area contributed by atoms with Crippen LogP contribution in [0.1, 0.15) is 26.5 Å². The highest BCUT2D eigenvalue weighted by Gasteiger charge is 2.22. The van der Waals surface area contributed by atoms with Gasteiger partial charge in [-0.3, -0.25) is 9.59 Å². The lowest BCUT2D eigenvalue weighted by Crippen LogP contribution is -2.20. The third-order valence-corrected chi connectivity index (χ3v) is 5.02. The van der Waals surface area contributed by atoms with Gasteiger partial charge in [-0.2, -0.15) is 0 Å². The van der Waals surface area contributed by atoms with Crippen LogP contribution in [0.25, 0.3) is 22.2 Å². The van der Waals surface area contributed by atoms with E-state index in [4.69, 9.17) is 4.74 Å². The molecular formula is C24H24Cl2N4O3. The first-order chi connectivity index (χ1) is 15.0. The second kappa shape index (κ2) is 10.8. The molecule has 172 valence electrons. The third kappa shape index (κ3) is 4.94. The van der Waals surface area contributed by atoms with Crippen LogP contribution >= 0.6 is 24.8 Å². The van der Waals surface area contributed by atoms with E-state index >= 15 is 0 Å². The van der Waals surface area contributed by atoms with E-state index in [2.05, 4.69) is 20.6 Å². The van der Waals surface area contributed by atoms with Crippen molar-refractivity contribution in [1.29, 1.82) is 0 Å². The number of carbonyl (C=O) groups is 2. The quantitative estimate of drug-likeness (QED) is 0.369. The van der Waals surface area contributed by atoms with Crippen molar-refractivity contribution in [1.82, 2.24) is 15.3 Å². The zero-order valence-electron chi connectivity index (χ0n) is 18.3. The van der Waals surface area contributed by atoms with Gasteiger partial charge in [0.1, 0.15) is 11.3 Å². The molecular weight excluding hydrogens is 463 g/mol. The Labute approximate surface area is 203 Å². The van der Waals surface area contributed by atoms with Crippen LogP contribution in [-0.2, 0) is 0 Å². The van der Waals surface area contributed by atoms with Gasteiger partial charge in [0.15, 0.2) is 5.75 Å². The second-order valence-corrected chi connectivity index (χ2v) is 6.99. The molecule has 1 aromatic heterocycles. The van der Waals surface area contributed by atoms with Crippen molar-refractivity contribution in [2.45, 2.75) is 6.92 Å². The molecule has 0 radical (unpaired) electrons. The minimum absolute atomic E-state index is 0. The minimum atomic E-state index is -0.317. The number of para-hydroxylation sites is 1. The van der Waals surface area contributed by atoms with E-state index in [9.17, 15) is 9.59 Å². The monoisotopic (exact) mass is 486 g/mol. The second-order valence-electron chi connectivity index (χ2n) is 6.99. The number of aromatic nitrogens is 2. The standard InChI is InChI=1S/C24H22N4O3.2ClH/c1-14-26-18-11-7-10-17(21(18)27-14)24(30)28-19-13-12-16(23(29)25-2)20(22(19)31-3)15-8-5-4-6-9-15;;/h4-13H,1-3H3,(H,25,29)(H,26,27)(H,28,30);2*1H. The van der Waals surface area contributed by atoms with Crippen molar-refractivity contribution in [3.63, 3.8) is 0 Å². The lowest BCUT2D eigenvalue weighted by molar-refractivity contribution is 0.0962. The highest BCUT2D eigenvalue weighted by molar-refractivity contribution is 6.13. The molecule has 9 heteroatoms. The van der Waals surface area contributed by atoms with Crippen LogP contribution in [0, 0.1) is 6.92 Å². The number of nitrogens with zero attached hydrogens (tertiary/aromatic N) is 1. The van der Waals surface area contributed by atoms with Gasteiger partial charge in [-0.1, -0.05) is 36.4 Å². The van der Waals surface area contributed by atoms with Crippen LogP contribution in [0.2, 0.25) is 0 Å². The highest BCUT2D eigenvalue weighted by Crippen LogP contribution is 2.39. The van der Waals surface area contributed by atoms with Crippen LogP contribution in [0.3, 0.4) is 0 Å². The van der Waals surface area contributed by atoms with E-state index in [-0.39, 0.29) is 36.6 Å². The molecule has 0 spiro atoms.